The molecule has 7 heteroatoms. The van der Waals surface area contributed by atoms with Gasteiger partial charge in [0.2, 0.25) is 0 Å². The van der Waals surface area contributed by atoms with Crippen molar-refractivity contribution in [2.75, 3.05) is 33.8 Å². The van der Waals surface area contributed by atoms with E-state index >= 15 is 0 Å². The van der Waals surface area contributed by atoms with Crippen LogP contribution in [0.5, 0.6) is 5.75 Å². The molecule has 2 aliphatic rings. The van der Waals surface area contributed by atoms with Gasteiger partial charge in [0.15, 0.2) is 5.84 Å². The van der Waals surface area contributed by atoms with Crippen molar-refractivity contribution in [1.29, 1.82) is 0 Å². The molecule has 2 aromatic carbocycles. The summed E-state index contributed by atoms with van der Waals surface area (Å²) in [5.74, 6) is 2.37. The third kappa shape index (κ3) is 4.88. The van der Waals surface area contributed by atoms with E-state index in [4.69, 9.17) is 14.7 Å². The highest BCUT2D eigenvalue weighted by Gasteiger charge is 2.31. The highest BCUT2D eigenvalue weighted by atomic mass is 32.2. The highest BCUT2D eigenvalue weighted by molar-refractivity contribution is 8.01. The lowest BCUT2D eigenvalue weighted by molar-refractivity contribution is 0.134. The molecule has 5 nitrogen and oxygen atoms in total. The Labute approximate surface area is 210 Å². The standard InChI is InChI=1S/C27H32N4OS2/c1-18(2)26-29-24-25(28-22-7-5-6-8-23(22)33-27(24)34-26)31-16-15-30(3)20(17-31)12-9-19-10-13-21(32-4)14-11-19/h5-8,10-11,13-14,18,20H,9,12,15-17H2,1-4H3. The quantitative estimate of drug-likeness (QED) is 0.433. The normalized spacial score (nSPS) is 18.3. The van der Waals surface area contributed by atoms with Crippen LogP contribution in [0.15, 0.2) is 62.6 Å². The summed E-state index contributed by atoms with van der Waals surface area (Å²) in [6.07, 6.45) is 2.16. The van der Waals surface area contributed by atoms with Gasteiger partial charge in [-0.05, 0) is 49.7 Å². The number of aryl methyl sites for hydroxylation is 1. The predicted molar refractivity (Wildman–Crippen MR) is 142 cm³/mol. The van der Waals surface area contributed by atoms with Crippen LogP contribution in [0.1, 0.15) is 42.5 Å². The zero-order valence-corrected chi connectivity index (χ0v) is 22.0. The molecule has 0 radical (unpaired) electrons. The summed E-state index contributed by atoms with van der Waals surface area (Å²) in [5, 5.41) is 1.19. The fourth-order valence-electron chi connectivity index (χ4n) is 4.48. The molecule has 1 unspecified atom stereocenters. The van der Waals surface area contributed by atoms with Crippen molar-refractivity contribution in [3.63, 3.8) is 0 Å². The lowest BCUT2D eigenvalue weighted by Gasteiger charge is -2.40. The summed E-state index contributed by atoms with van der Waals surface area (Å²) < 4.78 is 6.57. The minimum Gasteiger partial charge on any atom is -0.497 e. The Morgan fingerprint density at radius 3 is 2.65 bits per heavy atom. The molecule has 1 saturated heterocycles. The van der Waals surface area contributed by atoms with Crippen LogP contribution in [-0.4, -0.2) is 60.5 Å². The van der Waals surface area contributed by atoms with E-state index in [1.807, 2.05) is 23.1 Å². The van der Waals surface area contributed by atoms with Crippen LogP contribution in [-0.2, 0) is 6.42 Å². The second kappa shape index (κ2) is 10.1. The Balaban J connectivity index is 1.40. The summed E-state index contributed by atoms with van der Waals surface area (Å²) in [6.45, 7) is 7.40. The van der Waals surface area contributed by atoms with Crippen molar-refractivity contribution in [1.82, 2.24) is 14.8 Å². The summed E-state index contributed by atoms with van der Waals surface area (Å²) in [5.41, 5.74) is 3.47. The lowest BCUT2D eigenvalue weighted by atomic mass is 10.0. The topological polar surface area (TPSA) is 41.0 Å². The molecule has 178 valence electrons. The molecule has 1 atom stereocenters. The van der Waals surface area contributed by atoms with Crippen molar-refractivity contribution >= 4 is 34.6 Å². The Hall–Kier alpha value is -2.35. The Morgan fingerprint density at radius 1 is 1.09 bits per heavy atom. The average Bonchev–Trinajstić information content (AvgIpc) is 3.20. The molecule has 3 heterocycles. The van der Waals surface area contributed by atoms with Crippen LogP contribution in [0.3, 0.4) is 0 Å². The molecule has 0 amide bonds. The van der Waals surface area contributed by atoms with Crippen LogP contribution in [0.2, 0.25) is 0 Å². The van der Waals surface area contributed by atoms with Crippen LogP contribution in [0, 0.1) is 0 Å². The number of aliphatic imine (C=N–C) groups is 1. The second-order valence-corrected chi connectivity index (χ2v) is 11.7. The zero-order valence-electron chi connectivity index (χ0n) is 20.3. The van der Waals surface area contributed by atoms with Gasteiger partial charge in [-0.2, -0.15) is 0 Å². The maximum Gasteiger partial charge on any atom is 0.157 e. The number of rotatable bonds is 5. The minimum atomic E-state index is 0.416. The highest BCUT2D eigenvalue weighted by Crippen LogP contribution is 2.44. The van der Waals surface area contributed by atoms with Gasteiger partial charge in [-0.3, -0.25) is 4.90 Å². The van der Waals surface area contributed by atoms with Gasteiger partial charge in [-0.1, -0.05) is 49.9 Å². The number of nitrogens with zero attached hydrogens (tertiary/aromatic N) is 4. The maximum absolute atomic E-state index is 5.31. The molecule has 3 aromatic rings. The molecule has 5 rings (SSSR count). The van der Waals surface area contributed by atoms with Gasteiger partial charge in [0.25, 0.3) is 0 Å². The van der Waals surface area contributed by atoms with Crippen molar-refractivity contribution in [3.05, 3.63) is 64.8 Å². The molecule has 0 saturated carbocycles. The van der Waals surface area contributed by atoms with Gasteiger partial charge in [0.1, 0.15) is 11.4 Å². The number of ether oxygens (including phenoxy) is 1. The molecule has 34 heavy (non-hydrogen) atoms. The monoisotopic (exact) mass is 492 g/mol. The summed E-state index contributed by atoms with van der Waals surface area (Å²) in [4.78, 5) is 16.5. The van der Waals surface area contributed by atoms with Gasteiger partial charge in [-0.15, -0.1) is 11.3 Å². The largest absolute Gasteiger partial charge is 0.497 e. The van der Waals surface area contributed by atoms with Crippen molar-refractivity contribution < 1.29 is 4.74 Å². The number of piperazine rings is 1. The second-order valence-electron chi connectivity index (χ2n) is 9.32. The number of amidine groups is 1. The summed E-state index contributed by atoms with van der Waals surface area (Å²) >= 11 is 3.64. The van der Waals surface area contributed by atoms with Gasteiger partial charge in [0, 0.05) is 36.5 Å². The predicted octanol–water partition coefficient (Wildman–Crippen LogP) is 6.07. The number of hydrogen-bond donors (Lipinski definition) is 0. The van der Waals surface area contributed by atoms with E-state index in [9.17, 15) is 0 Å². The number of aromatic nitrogens is 1. The van der Waals surface area contributed by atoms with Crippen LogP contribution in [0.4, 0.5) is 5.69 Å². The van der Waals surface area contributed by atoms with E-state index in [1.54, 1.807) is 7.11 Å². The number of thiazole rings is 1. The van der Waals surface area contributed by atoms with Gasteiger partial charge >= 0.3 is 0 Å². The van der Waals surface area contributed by atoms with E-state index in [0.29, 0.717) is 12.0 Å². The molecule has 1 aromatic heterocycles. The number of hydrogen-bond acceptors (Lipinski definition) is 7. The van der Waals surface area contributed by atoms with Crippen LogP contribution >= 0.6 is 23.1 Å². The van der Waals surface area contributed by atoms with Gasteiger partial charge < -0.3 is 9.64 Å². The average molecular weight is 493 g/mol. The van der Waals surface area contributed by atoms with E-state index in [0.717, 1.165) is 55.4 Å². The maximum atomic E-state index is 5.31. The number of benzene rings is 2. The van der Waals surface area contributed by atoms with E-state index in [1.165, 1.54) is 19.7 Å². The molecule has 0 spiro atoms. The SMILES string of the molecule is COc1ccc(CCC2CN(C3=Nc4ccccc4Sc4sc(C(C)C)nc43)CCN2C)cc1. The Morgan fingerprint density at radius 2 is 1.88 bits per heavy atom. The molecule has 1 fully saturated rings. The van der Waals surface area contributed by atoms with Crippen molar-refractivity contribution in [2.24, 2.45) is 4.99 Å². The molecule has 2 aliphatic heterocycles. The third-order valence-corrected chi connectivity index (χ3v) is 9.21. The lowest BCUT2D eigenvalue weighted by Crippen LogP contribution is -2.53. The number of fused-ring (bicyclic) bond motifs is 2. The molecular weight excluding hydrogens is 460 g/mol. The first kappa shape index (κ1) is 23.4. The Kier molecular flexibility index (Phi) is 6.95. The fraction of sp³-hybridized carbons (Fsp3) is 0.407. The molecule has 0 aliphatic carbocycles. The molecular formula is C27H32N4OS2. The molecule has 0 N–H and O–H groups in total. The number of para-hydroxylation sites is 1. The smallest absolute Gasteiger partial charge is 0.157 e. The van der Waals surface area contributed by atoms with E-state index in [-0.39, 0.29) is 0 Å². The number of likely N-dealkylation sites (N-methyl/N-ethyl adjacent to an activating group) is 1. The first-order valence-corrected chi connectivity index (χ1v) is 13.6. The van der Waals surface area contributed by atoms with Crippen LogP contribution in [0.25, 0.3) is 0 Å². The summed E-state index contributed by atoms with van der Waals surface area (Å²) in [7, 11) is 3.97. The first-order chi connectivity index (χ1) is 16.5. The number of methoxy groups -OCH3 is 1. The van der Waals surface area contributed by atoms with Gasteiger partial charge in [0.05, 0.1) is 22.0 Å². The third-order valence-electron chi connectivity index (χ3n) is 6.61. The fourth-order valence-corrected chi connectivity index (χ4v) is 6.76. The molecule has 0 bridgehead atoms. The van der Waals surface area contributed by atoms with Crippen LogP contribution < -0.4 is 4.74 Å². The zero-order chi connectivity index (χ0) is 23.7. The first-order valence-electron chi connectivity index (χ1n) is 12.0. The van der Waals surface area contributed by atoms with Crippen molar-refractivity contribution in [2.45, 2.75) is 47.8 Å². The van der Waals surface area contributed by atoms with Crippen molar-refractivity contribution in [3.8, 4) is 5.75 Å². The van der Waals surface area contributed by atoms with Gasteiger partial charge in [-0.25, -0.2) is 9.98 Å². The minimum absolute atomic E-state index is 0.416. The van der Waals surface area contributed by atoms with E-state index < -0.39 is 0 Å². The van der Waals surface area contributed by atoms with E-state index in [2.05, 4.69) is 79.2 Å². The summed E-state index contributed by atoms with van der Waals surface area (Å²) in [6, 6.07) is 17.4. The Bertz CT molecular complexity index is 1170.